The molecule has 18 heavy (non-hydrogen) atoms. The van der Waals surface area contributed by atoms with E-state index in [-0.39, 0.29) is 0 Å². The predicted octanol–water partition coefficient (Wildman–Crippen LogP) is 3.14. The maximum Gasteiger partial charge on any atom is 0.324 e. The maximum absolute atomic E-state index is 11.9. The van der Waals surface area contributed by atoms with E-state index in [1.807, 2.05) is 0 Å². The van der Waals surface area contributed by atoms with E-state index in [9.17, 15) is 9.90 Å². The van der Waals surface area contributed by atoms with Crippen LogP contribution in [0.3, 0.4) is 0 Å². The summed E-state index contributed by atoms with van der Waals surface area (Å²) in [6.07, 6.45) is 7.59. The van der Waals surface area contributed by atoms with Crippen LogP contribution in [0.4, 0.5) is 0 Å². The Kier molecular flexibility index (Phi) is 4.31. The number of carbonyl (C=O) groups is 1. The third-order valence-corrected chi connectivity index (χ3v) is 5.25. The van der Waals surface area contributed by atoms with Crippen LogP contribution in [0.5, 0.6) is 0 Å². The number of hydrogen-bond acceptors (Lipinski definition) is 2. The Bertz CT molecular complexity index is 297. The zero-order valence-electron chi connectivity index (χ0n) is 11.8. The van der Waals surface area contributed by atoms with Crippen LogP contribution in [0.1, 0.15) is 58.8 Å². The molecule has 1 aliphatic heterocycles. The van der Waals surface area contributed by atoms with Gasteiger partial charge in [0.2, 0.25) is 0 Å². The molecule has 3 heteroatoms. The molecule has 104 valence electrons. The van der Waals surface area contributed by atoms with Gasteiger partial charge in [0.15, 0.2) is 0 Å². The summed E-state index contributed by atoms with van der Waals surface area (Å²) < 4.78 is 0. The van der Waals surface area contributed by atoms with Crippen molar-refractivity contribution in [3.63, 3.8) is 0 Å². The van der Waals surface area contributed by atoms with Crippen molar-refractivity contribution < 1.29 is 9.90 Å². The van der Waals surface area contributed by atoms with Gasteiger partial charge in [0.05, 0.1) is 0 Å². The Labute approximate surface area is 111 Å². The van der Waals surface area contributed by atoms with Gasteiger partial charge in [-0.05, 0) is 57.0 Å². The first kappa shape index (κ1) is 13.9. The lowest BCUT2D eigenvalue weighted by atomic mass is 9.70. The third-order valence-electron chi connectivity index (χ3n) is 5.25. The first-order chi connectivity index (χ1) is 8.56. The average molecular weight is 253 g/mol. The van der Waals surface area contributed by atoms with Gasteiger partial charge in [-0.3, -0.25) is 9.69 Å². The van der Waals surface area contributed by atoms with Gasteiger partial charge < -0.3 is 5.11 Å². The normalized spacial score (nSPS) is 39.2. The van der Waals surface area contributed by atoms with Crippen LogP contribution in [0, 0.1) is 11.8 Å². The molecule has 3 unspecified atom stereocenters. The Morgan fingerprint density at radius 2 is 1.72 bits per heavy atom. The largest absolute Gasteiger partial charge is 0.480 e. The fourth-order valence-electron chi connectivity index (χ4n) is 3.70. The molecule has 3 nitrogen and oxygen atoms in total. The van der Waals surface area contributed by atoms with Crippen LogP contribution < -0.4 is 0 Å². The van der Waals surface area contributed by atoms with Crippen LogP contribution in [-0.4, -0.2) is 34.6 Å². The van der Waals surface area contributed by atoms with E-state index in [2.05, 4.69) is 18.7 Å². The minimum Gasteiger partial charge on any atom is -0.480 e. The van der Waals surface area contributed by atoms with Gasteiger partial charge >= 0.3 is 5.97 Å². The topological polar surface area (TPSA) is 40.5 Å². The SMILES string of the molecule is CC1CCC(C(=O)O)(N2CCCCCC2)CC1C. The van der Waals surface area contributed by atoms with Crippen molar-refractivity contribution in [3.8, 4) is 0 Å². The first-order valence-corrected chi connectivity index (χ1v) is 7.55. The quantitative estimate of drug-likeness (QED) is 0.822. The number of carboxylic acids is 1. The van der Waals surface area contributed by atoms with Gasteiger partial charge in [-0.15, -0.1) is 0 Å². The Morgan fingerprint density at radius 3 is 2.22 bits per heavy atom. The molecule has 1 saturated heterocycles. The molecule has 0 aromatic carbocycles. The van der Waals surface area contributed by atoms with Crippen LogP contribution in [0.25, 0.3) is 0 Å². The van der Waals surface area contributed by atoms with Crippen LogP contribution in [0.2, 0.25) is 0 Å². The molecule has 1 N–H and O–H groups in total. The van der Waals surface area contributed by atoms with Crippen molar-refractivity contribution >= 4 is 5.97 Å². The summed E-state index contributed by atoms with van der Waals surface area (Å²) >= 11 is 0. The summed E-state index contributed by atoms with van der Waals surface area (Å²) in [5.41, 5.74) is -0.559. The van der Waals surface area contributed by atoms with Gasteiger partial charge in [-0.25, -0.2) is 0 Å². The lowest BCUT2D eigenvalue weighted by Crippen LogP contribution is -2.58. The second-order valence-corrected chi connectivity index (χ2v) is 6.44. The van der Waals surface area contributed by atoms with E-state index in [0.717, 1.165) is 32.4 Å². The Balaban J connectivity index is 2.18. The fourth-order valence-corrected chi connectivity index (χ4v) is 3.70. The number of hydrogen-bond donors (Lipinski definition) is 1. The molecular weight excluding hydrogens is 226 g/mol. The second kappa shape index (κ2) is 5.60. The minimum atomic E-state index is -0.580. The highest BCUT2D eigenvalue weighted by Gasteiger charge is 2.48. The molecule has 2 aliphatic rings. The van der Waals surface area contributed by atoms with E-state index >= 15 is 0 Å². The van der Waals surface area contributed by atoms with E-state index in [1.54, 1.807) is 0 Å². The van der Waals surface area contributed by atoms with Gasteiger partial charge in [0.25, 0.3) is 0 Å². The second-order valence-electron chi connectivity index (χ2n) is 6.44. The molecule has 0 bridgehead atoms. The molecule has 0 aromatic heterocycles. The van der Waals surface area contributed by atoms with Crippen molar-refractivity contribution in [1.29, 1.82) is 0 Å². The summed E-state index contributed by atoms with van der Waals surface area (Å²) in [7, 11) is 0. The van der Waals surface area contributed by atoms with Crippen LogP contribution >= 0.6 is 0 Å². The maximum atomic E-state index is 11.9. The van der Waals surface area contributed by atoms with Crippen molar-refractivity contribution in [2.24, 2.45) is 11.8 Å². The molecule has 0 spiro atoms. The lowest BCUT2D eigenvalue weighted by Gasteiger charge is -2.46. The highest BCUT2D eigenvalue weighted by atomic mass is 16.4. The predicted molar refractivity (Wildman–Crippen MR) is 72.6 cm³/mol. The summed E-state index contributed by atoms with van der Waals surface area (Å²) in [4.78, 5) is 14.2. The number of rotatable bonds is 2. The Morgan fingerprint density at radius 1 is 1.11 bits per heavy atom. The van der Waals surface area contributed by atoms with E-state index in [4.69, 9.17) is 0 Å². The van der Waals surface area contributed by atoms with E-state index in [0.29, 0.717) is 11.8 Å². The van der Waals surface area contributed by atoms with Crippen molar-refractivity contribution in [1.82, 2.24) is 4.90 Å². The van der Waals surface area contributed by atoms with Gasteiger partial charge in [-0.1, -0.05) is 26.7 Å². The van der Waals surface area contributed by atoms with Crippen molar-refractivity contribution in [2.75, 3.05) is 13.1 Å². The zero-order chi connectivity index (χ0) is 13.2. The number of likely N-dealkylation sites (tertiary alicyclic amines) is 1. The standard InChI is InChI=1S/C15H27NO2/c1-12-7-8-15(14(17)18,11-13(12)2)16-9-5-3-4-6-10-16/h12-13H,3-11H2,1-2H3,(H,17,18). The van der Waals surface area contributed by atoms with Crippen molar-refractivity contribution in [2.45, 2.75) is 64.3 Å². The molecule has 0 amide bonds. The van der Waals surface area contributed by atoms with Gasteiger partial charge in [-0.2, -0.15) is 0 Å². The van der Waals surface area contributed by atoms with Crippen LogP contribution in [0.15, 0.2) is 0 Å². The monoisotopic (exact) mass is 253 g/mol. The summed E-state index contributed by atoms with van der Waals surface area (Å²) in [6.45, 7) is 6.44. The smallest absolute Gasteiger partial charge is 0.324 e. The number of nitrogens with zero attached hydrogens (tertiary/aromatic N) is 1. The molecule has 1 heterocycles. The third kappa shape index (κ3) is 2.56. The summed E-state index contributed by atoms with van der Waals surface area (Å²) in [6, 6.07) is 0. The van der Waals surface area contributed by atoms with E-state index in [1.165, 1.54) is 25.7 Å². The Hall–Kier alpha value is -0.570. The highest BCUT2D eigenvalue weighted by molar-refractivity contribution is 5.79. The van der Waals surface area contributed by atoms with Crippen LogP contribution in [-0.2, 0) is 4.79 Å². The molecule has 0 aromatic rings. The van der Waals surface area contributed by atoms with Gasteiger partial charge in [0, 0.05) is 0 Å². The fraction of sp³-hybridized carbons (Fsp3) is 0.933. The molecule has 0 radical (unpaired) electrons. The molecule has 2 fully saturated rings. The highest BCUT2D eigenvalue weighted by Crippen LogP contribution is 2.41. The first-order valence-electron chi connectivity index (χ1n) is 7.55. The number of carboxylic acid groups (broad SMARTS) is 1. The number of aliphatic carboxylic acids is 1. The summed E-state index contributed by atoms with van der Waals surface area (Å²) in [5.74, 6) is 0.616. The minimum absolute atomic E-state index is 0.526. The lowest BCUT2D eigenvalue weighted by molar-refractivity contribution is -0.156. The average Bonchev–Trinajstić information content (AvgIpc) is 2.61. The van der Waals surface area contributed by atoms with Crippen molar-refractivity contribution in [3.05, 3.63) is 0 Å². The molecule has 1 aliphatic carbocycles. The molecule has 1 saturated carbocycles. The van der Waals surface area contributed by atoms with E-state index < -0.39 is 11.5 Å². The molecule has 2 rings (SSSR count). The summed E-state index contributed by atoms with van der Waals surface area (Å²) in [5, 5.41) is 9.80. The zero-order valence-corrected chi connectivity index (χ0v) is 11.8. The molecule has 3 atom stereocenters. The molecular formula is C15H27NO2. The van der Waals surface area contributed by atoms with Gasteiger partial charge in [0.1, 0.15) is 5.54 Å².